The van der Waals surface area contributed by atoms with Crippen molar-refractivity contribution in [3.8, 4) is 0 Å². The van der Waals surface area contributed by atoms with E-state index in [1.165, 1.54) is 0 Å². The zero-order chi connectivity index (χ0) is 13.9. The Morgan fingerprint density at radius 1 is 1.33 bits per heavy atom. The summed E-state index contributed by atoms with van der Waals surface area (Å²) in [6, 6.07) is 2.02. The van der Waals surface area contributed by atoms with Crippen molar-refractivity contribution in [3.63, 3.8) is 0 Å². The Morgan fingerprint density at radius 2 is 1.89 bits per heavy atom. The Balaban J connectivity index is 2.70. The van der Waals surface area contributed by atoms with Crippen LogP contribution in [0.2, 0.25) is 0 Å². The summed E-state index contributed by atoms with van der Waals surface area (Å²) >= 11 is 2.94. The summed E-state index contributed by atoms with van der Waals surface area (Å²) in [4.78, 5) is 11.4. The lowest BCUT2D eigenvalue weighted by atomic mass is 10.2. The third-order valence-corrected chi connectivity index (χ3v) is 2.80. The van der Waals surface area contributed by atoms with Gasteiger partial charge in [0.15, 0.2) is 0 Å². The molecule has 0 bridgehead atoms. The molecule has 0 saturated heterocycles. The molecule has 100 valence electrons. The van der Waals surface area contributed by atoms with Gasteiger partial charge >= 0.3 is 6.09 Å². The Kier molecular flexibility index (Phi) is 4.67. The molecule has 0 heterocycles. The number of halogens is 3. The van der Waals surface area contributed by atoms with Gasteiger partial charge in [-0.2, -0.15) is 0 Å². The quantitative estimate of drug-likeness (QED) is 0.842. The van der Waals surface area contributed by atoms with Crippen molar-refractivity contribution in [2.45, 2.75) is 32.9 Å². The normalized spacial score (nSPS) is 11.2. The summed E-state index contributed by atoms with van der Waals surface area (Å²) in [5, 5.41) is 2.37. The molecular weight excluding hydrogens is 308 g/mol. The maximum Gasteiger partial charge on any atom is 0.407 e. The molecule has 1 aromatic rings. The molecule has 0 spiro atoms. The van der Waals surface area contributed by atoms with Crippen LogP contribution >= 0.6 is 15.9 Å². The molecule has 3 nitrogen and oxygen atoms in total. The summed E-state index contributed by atoms with van der Waals surface area (Å²) < 4.78 is 31.6. The lowest BCUT2D eigenvalue weighted by Crippen LogP contribution is -2.32. The first-order chi connectivity index (χ1) is 8.20. The molecule has 0 radical (unpaired) electrons. The third-order valence-electron chi connectivity index (χ3n) is 1.95. The van der Waals surface area contributed by atoms with Crippen molar-refractivity contribution in [2.24, 2.45) is 0 Å². The standard InChI is InChI=1S/C12H14BrF2NO2/c1-12(2,3)18-11(17)16-6-7-8(14)4-5-9(15)10(7)13/h4-5H,6H2,1-3H3,(H,16,17). The van der Waals surface area contributed by atoms with Crippen molar-refractivity contribution < 1.29 is 18.3 Å². The minimum Gasteiger partial charge on any atom is -0.444 e. The summed E-state index contributed by atoms with van der Waals surface area (Å²) in [6.07, 6.45) is -0.682. The van der Waals surface area contributed by atoms with E-state index in [0.717, 1.165) is 12.1 Å². The topological polar surface area (TPSA) is 38.3 Å². The second kappa shape index (κ2) is 5.65. The molecule has 18 heavy (non-hydrogen) atoms. The molecule has 0 aliphatic carbocycles. The van der Waals surface area contributed by atoms with Crippen LogP contribution in [0.15, 0.2) is 16.6 Å². The second-order valence-electron chi connectivity index (χ2n) is 4.68. The molecule has 1 N–H and O–H groups in total. The lowest BCUT2D eigenvalue weighted by Gasteiger charge is -2.20. The number of benzene rings is 1. The van der Waals surface area contributed by atoms with Gasteiger partial charge in [0.2, 0.25) is 0 Å². The van der Waals surface area contributed by atoms with E-state index >= 15 is 0 Å². The number of carbonyl (C=O) groups is 1. The Bertz CT molecular complexity index is 458. The number of nitrogens with one attached hydrogen (secondary N) is 1. The van der Waals surface area contributed by atoms with E-state index in [0.29, 0.717) is 0 Å². The Labute approximate surface area is 113 Å². The van der Waals surface area contributed by atoms with Crippen LogP contribution < -0.4 is 5.32 Å². The number of rotatable bonds is 2. The van der Waals surface area contributed by atoms with Gasteiger partial charge in [0.25, 0.3) is 0 Å². The van der Waals surface area contributed by atoms with Gasteiger partial charge in [0.05, 0.1) is 11.0 Å². The first-order valence-electron chi connectivity index (χ1n) is 5.30. The molecular formula is C12H14BrF2NO2. The van der Waals surface area contributed by atoms with Crippen LogP contribution in [0.4, 0.5) is 13.6 Å². The van der Waals surface area contributed by atoms with Gasteiger partial charge < -0.3 is 10.1 Å². The van der Waals surface area contributed by atoms with Gasteiger partial charge in [-0.25, -0.2) is 13.6 Å². The van der Waals surface area contributed by atoms with Crippen LogP contribution in [0.3, 0.4) is 0 Å². The van der Waals surface area contributed by atoms with Crippen LogP contribution in [-0.4, -0.2) is 11.7 Å². The van der Waals surface area contributed by atoms with Crippen LogP contribution in [0, 0.1) is 11.6 Å². The predicted molar refractivity (Wildman–Crippen MR) is 67.1 cm³/mol. The molecule has 0 atom stereocenters. The van der Waals surface area contributed by atoms with E-state index in [-0.39, 0.29) is 16.6 Å². The highest BCUT2D eigenvalue weighted by Gasteiger charge is 2.17. The van der Waals surface area contributed by atoms with Gasteiger partial charge in [-0.05, 0) is 48.8 Å². The van der Waals surface area contributed by atoms with Gasteiger partial charge in [0.1, 0.15) is 17.2 Å². The highest BCUT2D eigenvalue weighted by molar-refractivity contribution is 9.10. The minimum absolute atomic E-state index is 0.00133. The molecule has 1 amide bonds. The van der Waals surface area contributed by atoms with Crippen LogP contribution in [0.1, 0.15) is 26.3 Å². The van der Waals surface area contributed by atoms with Crippen molar-refractivity contribution in [1.29, 1.82) is 0 Å². The lowest BCUT2D eigenvalue weighted by molar-refractivity contribution is 0.0523. The Hall–Kier alpha value is -1.17. The predicted octanol–water partition coefficient (Wildman–Crippen LogP) is 3.75. The zero-order valence-corrected chi connectivity index (χ0v) is 11.9. The van der Waals surface area contributed by atoms with Crippen molar-refractivity contribution >= 4 is 22.0 Å². The number of alkyl carbamates (subject to hydrolysis) is 1. The zero-order valence-electron chi connectivity index (χ0n) is 10.3. The van der Waals surface area contributed by atoms with Crippen LogP contribution in [0.5, 0.6) is 0 Å². The number of hydrogen-bond donors (Lipinski definition) is 1. The molecule has 0 aromatic heterocycles. The van der Waals surface area contributed by atoms with Gasteiger partial charge in [-0.1, -0.05) is 0 Å². The number of carbonyl (C=O) groups excluding carboxylic acids is 1. The molecule has 0 unspecified atom stereocenters. The molecule has 1 rings (SSSR count). The van der Waals surface area contributed by atoms with Crippen molar-refractivity contribution in [1.82, 2.24) is 5.32 Å². The molecule has 0 fully saturated rings. The molecule has 0 saturated carbocycles. The van der Waals surface area contributed by atoms with E-state index in [9.17, 15) is 13.6 Å². The Morgan fingerprint density at radius 3 is 2.44 bits per heavy atom. The smallest absolute Gasteiger partial charge is 0.407 e. The SMILES string of the molecule is CC(C)(C)OC(=O)NCc1c(F)ccc(F)c1Br. The average molecular weight is 322 g/mol. The van der Waals surface area contributed by atoms with Gasteiger partial charge in [0, 0.05) is 5.56 Å². The maximum absolute atomic E-state index is 13.4. The minimum atomic E-state index is -0.682. The summed E-state index contributed by atoms with van der Waals surface area (Å²) in [5.41, 5.74) is -0.595. The van der Waals surface area contributed by atoms with Crippen LogP contribution in [-0.2, 0) is 11.3 Å². The fourth-order valence-corrected chi connectivity index (χ4v) is 1.67. The highest BCUT2D eigenvalue weighted by Crippen LogP contribution is 2.23. The van der Waals surface area contributed by atoms with Crippen molar-refractivity contribution in [2.75, 3.05) is 0 Å². The van der Waals surface area contributed by atoms with E-state index in [4.69, 9.17) is 4.74 Å². The molecule has 6 heteroatoms. The van der Waals surface area contributed by atoms with Gasteiger partial charge in [-0.15, -0.1) is 0 Å². The first kappa shape index (κ1) is 14.9. The van der Waals surface area contributed by atoms with E-state index in [1.54, 1.807) is 20.8 Å². The fourth-order valence-electron chi connectivity index (χ4n) is 1.21. The summed E-state index contributed by atoms with van der Waals surface area (Å²) in [6.45, 7) is 4.99. The first-order valence-corrected chi connectivity index (χ1v) is 6.09. The highest BCUT2D eigenvalue weighted by atomic mass is 79.9. The number of amides is 1. The molecule has 1 aromatic carbocycles. The number of hydrogen-bond acceptors (Lipinski definition) is 2. The average Bonchev–Trinajstić information content (AvgIpc) is 2.21. The second-order valence-corrected chi connectivity index (χ2v) is 5.47. The molecule has 0 aliphatic heterocycles. The third kappa shape index (κ3) is 4.25. The number of ether oxygens (including phenoxy) is 1. The largest absolute Gasteiger partial charge is 0.444 e. The molecule has 0 aliphatic rings. The maximum atomic E-state index is 13.4. The van der Waals surface area contributed by atoms with Gasteiger partial charge in [-0.3, -0.25) is 0 Å². The summed E-state index contributed by atoms with van der Waals surface area (Å²) in [5.74, 6) is -1.18. The van der Waals surface area contributed by atoms with E-state index in [1.807, 2.05) is 0 Å². The van der Waals surface area contributed by atoms with E-state index < -0.39 is 23.3 Å². The monoisotopic (exact) mass is 321 g/mol. The van der Waals surface area contributed by atoms with Crippen LogP contribution in [0.25, 0.3) is 0 Å². The summed E-state index contributed by atoms with van der Waals surface area (Å²) in [7, 11) is 0. The van der Waals surface area contributed by atoms with Crippen molar-refractivity contribution in [3.05, 3.63) is 33.8 Å². The van der Waals surface area contributed by atoms with E-state index in [2.05, 4.69) is 21.2 Å². The fraction of sp³-hybridized carbons (Fsp3) is 0.417.